The molecule has 0 aliphatic heterocycles. The first-order valence-corrected chi connectivity index (χ1v) is 20.2. The molecule has 0 unspecified atom stereocenters. The molecule has 4 heteroatoms. The third-order valence-corrected chi connectivity index (χ3v) is 16.9. The highest BCUT2D eigenvalue weighted by molar-refractivity contribution is 6.74. The van der Waals surface area contributed by atoms with Crippen molar-refractivity contribution in [2.75, 3.05) is 0 Å². The van der Waals surface area contributed by atoms with Crippen LogP contribution in [0.2, 0.25) is 18.1 Å². The van der Waals surface area contributed by atoms with Crippen molar-refractivity contribution >= 4 is 14.1 Å². The monoisotopic (exact) mass is 594 g/mol. The number of hydrogen-bond acceptors (Lipinski definition) is 3. The normalized spacial score (nSPS) is 33.3. The van der Waals surface area contributed by atoms with E-state index >= 15 is 0 Å². The van der Waals surface area contributed by atoms with Crippen LogP contribution in [0, 0.1) is 28.6 Å². The number of carbonyl (C=O) groups excluding carboxylic acids is 1. The van der Waals surface area contributed by atoms with E-state index in [0.717, 1.165) is 44.9 Å². The maximum absolute atomic E-state index is 12.8. The molecule has 4 rings (SSSR count). The fourth-order valence-electron chi connectivity index (χ4n) is 8.28. The van der Waals surface area contributed by atoms with E-state index in [9.17, 15) is 9.90 Å². The maximum atomic E-state index is 12.8. The molecular formula is C38H62O3Si. The van der Waals surface area contributed by atoms with Crippen molar-refractivity contribution < 1.29 is 14.3 Å². The molecule has 4 aliphatic carbocycles. The van der Waals surface area contributed by atoms with Crippen molar-refractivity contribution in [1.82, 2.24) is 0 Å². The minimum absolute atomic E-state index is 0.231. The summed E-state index contributed by atoms with van der Waals surface area (Å²) in [7, 11) is -1.79. The Morgan fingerprint density at radius 1 is 1.12 bits per heavy atom. The van der Waals surface area contributed by atoms with Gasteiger partial charge < -0.3 is 9.53 Å². The van der Waals surface area contributed by atoms with E-state index in [4.69, 9.17) is 4.43 Å². The molecule has 0 bridgehead atoms. The molecule has 4 saturated carbocycles. The van der Waals surface area contributed by atoms with E-state index in [0.29, 0.717) is 35.7 Å². The predicted molar refractivity (Wildman–Crippen MR) is 180 cm³/mol. The van der Waals surface area contributed by atoms with Gasteiger partial charge in [0.25, 0.3) is 0 Å². The number of Topliss-reactive ketones (excluding diaryl/α,β-unsaturated/α-hetero) is 1. The Balaban J connectivity index is 1.42. The number of aliphatic hydroxyl groups is 1. The van der Waals surface area contributed by atoms with Crippen LogP contribution in [0.25, 0.3) is 0 Å². The van der Waals surface area contributed by atoms with Gasteiger partial charge in [0.1, 0.15) is 5.78 Å². The third-order valence-electron chi connectivity index (χ3n) is 12.4. The van der Waals surface area contributed by atoms with E-state index in [1.54, 1.807) is 5.57 Å². The van der Waals surface area contributed by atoms with Gasteiger partial charge in [0.05, 0.1) is 11.5 Å². The molecule has 0 aromatic carbocycles. The zero-order valence-electron chi connectivity index (χ0n) is 28.4. The number of aliphatic hydroxyl groups excluding tert-OH is 1. The molecule has 0 aromatic heterocycles. The van der Waals surface area contributed by atoms with Crippen LogP contribution >= 0.6 is 0 Å². The van der Waals surface area contributed by atoms with Gasteiger partial charge in [-0.15, -0.1) is 0 Å². The van der Waals surface area contributed by atoms with Gasteiger partial charge in [-0.05, 0) is 118 Å². The van der Waals surface area contributed by atoms with Gasteiger partial charge in [0, 0.05) is 12.5 Å². The fraction of sp³-hybridized carbons (Fsp3) is 0.763. The standard InChI is InChI=1S/C38H62O3Si/c1-10-11-14-34(39)38(24-25-38)35(40)22-16-28(3)32-20-21-33-29(13-12-23-37(32,33)7)17-18-30-26-31(19-15-27(30)2)41-42(8,9)36(4,5)6/h16-18,22,28,31-33,35,40H,2,10-15,19-21,23-26H2,1,3-9H3/b22-16+,29-17+,30-18-/t28-,31+,32-,33+,35+,37-/m1/s1. The Kier molecular flexibility index (Phi) is 10.4. The summed E-state index contributed by atoms with van der Waals surface area (Å²) in [5.74, 6) is 1.92. The fourth-order valence-corrected chi connectivity index (χ4v) is 9.67. The Morgan fingerprint density at radius 2 is 1.83 bits per heavy atom. The maximum Gasteiger partial charge on any atom is 0.192 e. The molecule has 4 aliphatic rings. The summed E-state index contributed by atoms with van der Waals surface area (Å²) in [6, 6.07) is 0. The number of carbonyl (C=O) groups is 1. The van der Waals surface area contributed by atoms with Gasteiger partial charge in [0.2, 0.25) is 0 Å². The summed E-state index contributed by atoms with van der Waals surface area (Å²) in [5.41, 5.74) is 4.13. The summed E-state index contributed by atoms with van der Waals surface area (Å²) < 4.78 is 6.83. The van der Waals surface area contributed by atoms with Crippen molar-refractivity contribution in [3.05, 3.63) is 47.6 Å². The van der Waals surface area contributed by atoms with Crippen molar-refractivity contribution in [2.24, 2.45) is 28.6 Å². The SMILES string of the molecule is C=C1CC[C@H](O[Si](C)(C)C(C)(C)C)C/C1=C/C=C1\CCC[C@]2(C)[C@@H]([C@H](C)/C=C/[C@H](O)C3(C(=O)CCCC)CC3)CC[C@@H]12. The summed E-state index contributed by atoms with van der Waals surface area (Å²) in [6.07, 6.45) is 22.4. The number of hydrogen-bond donors (Lipinski definition) is 1. The minimum atomic E-state index is -1.79. The average Bonchev–Trinajstić information content (AvgIpc) is 3.66. The first-order chi connectivity index (χ1) is 19.6. The van der Waals surface area contributed by atoms with Crippen LogP contribution in [0.15, 0.2) is 47.6 Å². The molecule has 0 aromatic rings. The second-order valence-corrected chi connectivity index (χ2v) is 21.0. The van der Waals surface area contributed by atoms with Crippen LogP contribution < -0.4 is 0 Å². The Hall–Kier alpha value is -1.23. The van der Waals surface area contributed by atoms with Gasteiger partial charge in [0.15, 0.2) is 8.32 Å². The predicted octanol–water partition coefficient (Wildman–Crippen LogP) is 10.3. The van der Waals surface area contributed by atoms with Crippen LogP contribution in [-0.2, 0) is 9.22 Å². The lowest BCUT2D eigenvalue weighted by Crippen LogP contribution is -2.44. The van der Waals surface area contributed by atoms with Crippen LogP contribution in [0.4, 0.5) is 0 Å². The highest BCUT2D eigenvalue weighted by Crippen LogP contribution is 2.60. The van der Waals surface area contributed by atoms with Gasteiger partial charge in [-0.3, -0.25) is 4.79 Å². The number of ketones is 1. The molecular weight excluding hydrogens is 533 g/mol. The smallest absolute Gasteiger partial charge is 0.192 e. The van der Waals surface area contributed by atoms with E-state index in [2.05, 4.69) is 79.4 Å². The molecule has 236 valence electrons. The first kappa shape index (κ1) is 33.7. The summed E-state index contributed by atoms with van der Waals surface area (Å²) >= 11 is 0. The molecule has 0 radical (unpaired) electrons. The second kappa shape index (κ2) is 13.0. The molecule has 3 nitrogen and oxygen atoms in total. The van der Waals surface area contributed by atoms with Crippen LogP contribution in [0.5, 0.6) is 0 Å². The topological polar surface area (TPSA) is 46.5 Å². The highest BCUT2D eigenvalue weighted by atomic mass is 28.4. The molecule has 6 atom stereocenters. The Labute approximate surface area is 259 Å². The Morgan fingerprint density at radius 3 is 2.48 bits per heavy atom. The van der Waals surface area contributed by atoms with Crippen molar-refractivity contribution in [2.45, 2.75) is 155 Å². The molecule has 0 amide bonds. The quantitative estimate of drug-likeness (QED) is 0.191. The Bertz CT molecular complexity index is 1080. The largest absolute Gasteiger partial charge is 0.414 e. The van der Waals surface area contributed by atoms with Gasteiger partial charge in [-0.1, -0.05) is 90.0 Å². The average molecular weight is 595 g/mol. The van der Waals surface area contributed by atoms with Crippen molar-refractivity contribution in [3.63, 3.8) is 0 Å². The van der Waals surface area contributed by atoms with E-state index in [-0.39, 0.29) is 10.8 Å². The molecule has 42 heavy (non-hydrogen) atoms. The lowest BCUT2D eigenvalue weighted by Gasteiger charge is -2.44. The van der Waals surface area contributed by atoms with Crippen molar-refractivity contribution in [3.8, 4) is 0 Å². The number of allylic oxidation sites excluding steroid dienone is 5. The van der Waals surface area contributed by atoms with Crippen LogP contribution in [-0.4, -0.2) is 31.4 Å². The highest BCUT2D eigenvalue weighted by Gasteiger charge is 2.54. The lowest BCUT2D eigenvalue weighted by atomic mass is 9.61. The van der Waals surface area contributed by atoms with E-state index in [1.807, 2.05) is 6.08 Å². The summed E-state index contributed by atoms with van der Waals surface area (Å²) in [6.45, 7) is 23.2. The molecule has 0 heterocycles. The molecule has 0 saturated heterocycles. The van der Waals surface area contributed by atoms with Crippen LogP contribution in [0.1, 0.15) is 125 Å². The van der Waals surface area contributed by atoms with Crippen molar-refractivity contribution in [1.29, 1.82) is 0 Å². The zero-order valence-corrected chi connectivity index (χ0v) is 29.4. The first-order valence-electron chi connectivity index (χ1n) is 17.3. The number of fused-ring (bicyclic) bond motifs is 1. The summed E-state index contributed by atoms with van der Waals surface area (Å²) in [5, 5.41) is 11.3. The minimum Gasteiger partial charge on any atom is -0.414 e. The number of rotatable bonds is 11. The molecule has 1 N–H and O–H groups in total. The van der Waals surface area contributed by atoms with E-state index in [1.165, 1.54) is 43.3 Å². The second-order valence-electron chi connectivity index (χ2n) is 16.2. The molecule has 0 spiro atoms. The number of unbranched alkanes of at least 4 members (excludes halogenated alkanes) is 1. The summed E-state index contributed by atoms with van der Waals surface area (Å²) in [4.78, 5) is 12.8. The van der Waals surface area contributed by atoms with Gasteiger partial charge >= 0.3 is 0 Å². The van der Waals surface area contributed by atoms with Gasteiger partial charge in [-0.2, -0.15) is 0 Å². The third kappa shape index (κ3) is 7.02. The van der Waals surface area contributed by atoms with Gasteiger partial charge in [-0.25, -0.2) is 0 Å². The lowest BCUT2D eigenvalue weighted by molar-refractivity contribution is -0.127. The van der Waals surface area contributed by atoms with Crippen LogP contribution in [0.3, 0.4) is 0 Å². The van der Waals surface area contributed by atoms with E-state index < -0.39 is 19.8 Å². The zero-order chi connectivity index (χ0) is 30.9. The molecule has 4 fully saturated rings.